The number of nitrogens with zero attached hydrogens (tertiary/aromatic N) is 3. The number of aromatic nitrogens is 2. The monoisotopic (exact) mass is 360 g/mol. The van der Waals surface area contributed by atoms with Crippen molar-refractivity contribution in [2.24, 2.45) is 11.8 Å². The largest absolute Gasteiger partial charge is 0.343 e. The molecule has 3 rings (SSSR count). The molecule has 0 radical (unpaired) electrons. The molecule has 1 aromatic heterocycles. The first-order valence-corrected chi connectivity index (χ1v) is 10.2. The standard InChI is InChI=1S/C20H32N4O2/c1-2-24-13-10-18(22-24)21-19(25)14-17-8-11-23(12-9-17)20(26)15-16-6-4-3-5-7-16/h10,13,16-17H,2-9,11-12,14-15H2,1H3,(H,21,22,25). The van der Waals surface area contributed by atoms with E-state index in [1.807, 2.05) is 24.1 Å². The van der Waals surface area contributed by atoms with Gasteiger partial charge in [-0.2, -0.15) is 5.10 Å². The molecule has 2 amide bonds. The van der Waals surface area contributed by atoms with Crippen molar-refractivity contribution in [2.75, 3.05) is 18.4 Å². The molecule has 2 heterocycles. The Hall–Kier alpha value is -1.85. The summed E-state index contributed by atoms with van der Waals surface area (Å²) in [6.45, 7) is 4.41. The molecule has 6 heteroatoms. The molecule has 1 aromatic rings. The molecule has 1 N–H and O–H groups in total. The number of nitrogens with one attached hydrogen (secondary N) is 1. The van der Waals surface area contributed by atoms with Crippen LogP contribution in [0.5, 0.6) is 0 Å². The van der Waals surface area contributed by atoms with Gasteiger partial charge < -0.3 is 10.2 Å². The Morgan fingerprint density at radius 1 is 1.08 bits per heavy atom. The van der Waals surface area contributed by atoms with Crippen LogP contribution in [-0.2, 0) is 16.1 Å². The minimum atomic E-state index is 0.0262. The van der Waals surface area contributed by atoms with Gasteiger partial charge in [-0.05, 0) is 44.4 Å². The lowest BCUT2D eigenvalue weighted by atomic mass is 9.86. The number of amides is 2. The molecule has 0 bridgehead atoms. The maximum absolute atomic E-state index is 12.5. The second kappa shape index (κ2) is 9.19. The van der Waals surface area contributed by atoms with Crippen molar-refractivity contribution in [3.63, 3.8) is 0 Å². The van der Waals surface area contributed by atoms with Crippen LogP contribution in [-0.4, -0.2) is 39.6 Å². The molecule has 0 unspecified atom stereocenters. The quantitative estimate of drug-likeness (QED) is 0.845. The number of piperidine rings is 1. The number of hydrogen-bond acceptors (Lipinski definition) is 3. The van der Waals surface area contributed by atoms with Crippen molar-refractivity contribution in [2.45, 2.75) is 71.3 Å². The van der Waals surface area contributed by atoms with Gasteiger partial charge >= 0.3 is 0 Å². The van der Waals surface area contributed by atoms with Crippen molar-refractivity contribution >= 4 is 17.6 Å². The lowest BCUT2D eigenvalue weighted by Crippen LogP contribution is -2.40. The third kappa shape index (κ3) is 5.32. The Kier molecular flexibility index (Phi) is 6.69. The predicted molar refractivity (Wildman–Crippen MR) is 102 cm³/mol. The van der Waals surface area contributed by atoms with Crippen molar-refractivity contribution in [3.05, 3.63) is 12.3 Å². The normalized spacial score (nSPS) is 19.5. The van der Waals surface area contributed by atoms with Crippen LogP contribution in [0, 0.1) is 11.8 Å². The van der Waals surface area contributed by atoms with Gasteiger partial charge in [-0.25, -0.2) is 0 Å². The minimum Gasteiger partial charge on any atom is -0.343 e. The highest BCUT2D eigenvalue weighted by Crippen LogP contribution is 2.28. The lowest BCUT2D eigenvalue weighted by molar-refractivity contribution is -0.133. The molecule has 0 aromatic carbocycles. The first kappa shape index (κ1) is 18.9. The van der Waals surface area contributed by atoms with Gasteiger partial charge in [0.1, 0.15) is 0 Å². The van der Waals surface area contributed by atoms with E-state index in [0.29, 0.717) is 30.0 Å². The van der Waals surface area contributed by atoms with Crippen LogP contribution < -0.4 is 5.32 Å². The molecule has 0 atom stereocenters. The van der Waals surface area contributed by atoms with Gasteiger partial charge in [-0.1, -0.05) is 19.3 Å². The second-order valence-corrected chi connectivity index (χ2v) is 7.84. The molecular weight excluding hydrogens is 328 g/mol. The highest BCUT2D eigenvalue weighted by molar-refractivity contribution is 5.89. The summed E-state index contributed by atoms with van der Waals surface area (Å²) in [6, 6.07) is 1.83. The van der Waals surface area contributed by atoms with Crippen LogP contribution in [0.1, 0.15) is 64.7 Å². The van der Waals surface area contributed by atoms with Crippen LogP contribution in [0.2, 0.25) is 0 Å². The van der Waals surface area contributed by atoms with Gasteiger partial charge in [0.15, 0.2) is 5.82 Å². The van der Waals surface area contributed by atoms with Crippen molar-refractivity contribution in [1.29, 1.82) is 0 Å². The van der Waals surface area contributed by atoms with Crippen molar-refractivity contribution in [3.8, 4) is 0 Å². The average molecular weight is 361 g/mol. The number of anilines is 1. The molecule has 2 fully saturated rings. The molecule has 144 valence electrons. The van der Waals surface area contributed by atoms with Gasteiger partial charge in [0.2, 0.25) is 11.8 Å². The van der Waals surface area contributed by atoms with Gasteiger partial charge in [0, 0.05) is 44.7 Å². The number of carbonyl (C=O) groups excluding carboxylic acids is 2. The molecule has 6 nitrogen and oxygen atoms in total. The van der Waals surface area contributed by atoms with E-state index in [0.717, 1.165) is 38.9 Å². The Labute approximate surface area is 156 Å². The molecule has 26 heavy (non-hydrogen) atoms. The maximum atomic E-state index is 12.5. The van der Waals surface area contributed by atoms with Crippen LogP contribution in [0.25, 0.3) is 0 Å². The Bertz CT molecular complexity index is 599. The van der Waals surface area contributed by atoms with Crippen LogP contribution in [0.4, 0.5) is 5.82 Å². The number of carbonyl (C=O) groups is 2. The van der Waals surface area contributed by atoms with Crippen molar-refractivity contribution < 1.29 is 9.59 Å². The van der Waals surface area contributed by atoms with Crippen molar-refractivity contribution in [1.82, 2.24) is 14.7 Å². The van der Waals surface area contributed by atoms with E-state index < -0.39 is 0 Å². The van der Waals surface area contributed by atoms with E-state index in [9.17, 15) is 9.59 Å². The fourth-order valence-corrected chi connectivity index (χ4v) is 4.21. The highest BCUT2D eigenvalue weighted by atomic mass is 16.2. The summed E-state index contributed by atoms with van der Waals surface area (Å²) >= 11 is 0. The maximum Gasteiger partial charge on any atom is 0.225 e. The topological polar surface area (TPSA) is 67.2 Å². The fourth-order valence-electron chi connectivity index (χ4n) is 4.21. The third-order valence-electron chi connectivity index (χ3n) is 5.86. The summed E-state index contributed by atoms with van der Waals surface area (Å²) in [5, 5.41) is 7.16. The van der Waals surface area contributed by atoms with E-state index >= 15 is 0 Å². The van der Waals surface area contributed by atoms with E-state index in [1.165, 1.54) is 32.1 Å². The zero-order valence-electron chi connectivity index (χ0n) is 16.0. The molecule has 1 aliphatic carbocycles. The molecule has 2 aliphatic rings. The van der Waals surface area contributed by atoms with E-state index in [-0.39, 0.29) is 5.91 Å². The summed E-state index contributed by atoms with van der Waals surface area (Å²) in [4.78, 5) is 26.7. The number of hydrogen-bond donors (Lipinski definition) is 1. The molecule has 1 saturated carbocycles. The fraction of sp³-hybridized carbons (Fsp3) is 0.750. The van der Waals surface area contributed by atoms with E-state index in [4.69, 9.17) is 0 Å². The van der Waals surface area contributed by atoms with Gasteiger partial charge in [0.25, 0.3) is 0 Å². The third-order valence-corrected chi connectivity index (χ3v) is 5.86. The lowest BCUT2D eigenvalue weighted by Gasteiger charge is -2.33. The first-order valence-electron chi connectivity index (χ1n) is 10.2. The molecule has 0 spiro atoms. The Morgan fingerprint density at radius 2 is 1.77 bits per heavy atom. The van der Waals surface area contributed by atoms with Crippen LogP contribution in [0.3, 0.4) is 0 Å². The van der Waals surface area contributed by atoms with E-state index in [2.05, 4.69) is 10.4 Å². The molecule has 1 aliphatic heterocycles. The average Bonchev–Trinajstić information content (AvgIpc) is 3.10. The SMILES string of the molecule is CCn1ccc(NC(=O)CC2CCN(C(=O)CC3CCCCC3)CC2)n1. The second-order valence-electron chi connectivity index (χ2n) is 7.84. The highest BCUT2D eigenvalue weighted by Gasteiger charge is 2.26. The zero-order chi connectivity index (χ0) is 18.4. The van der Waals surface area contributed by atoms with Crippen LogP contribution >= 0.6 is 0 Å². The Morgan fingerprint density at radius 3 is 2.42 bits per heavy atom. The number of aryl methyl sites for hydroxylation is 1. The predicted octanol–water partition coefficient (Wildman–Crippen LogP) is 3.44. The smallest absolute Gasteiger partial charge is 0.225 e. The van der Waals surface area contributed by atoms with Crippen LogP contribution in [0.15, 0.2) is 12.3 Å². The van der Waals surface area contributed by atoms with Gasteiger partial charge in [0.05, 0.1) is 0 Å². The summed E-state index contributed by atoms with van der Waals surface area (Å²) < 4.78 is 1.80. The number of rotatable bonds is 6. The van der Waals surface area contributed by atoms with Gasteiger partial charge in [-0.15, -0.1) is 0 Å². The minimum absolute atomic E-state index is 0.0262. The summed E-state index contributed by atoms with van der Waals surface area (Å²) in [5.41, 5.74) is 0. The summed E-state index contributed by atoms with van der Waals surface area (Å²) in [5.74, 6) is 1.94. The first-order chi connectivity index (χ1) is 12.6. The number of likely N-dealkylation sites (tertiary alicyclic amines) is 1. The molecule has 1 saturated heterocycles. The Balaban J connectivity index is 1.37. The molecular formula is C20H32N4O2. The summed E-state index contributed by atoms with van der Waals surface area (Å²) in [6.07, 6.45) is 11.3. The van der Waals surface area contributed by atoms with E-state index in [1.54, 1.807) is 4.68 Å². The summed E-state index contributed by atoms with van der Waals surface area (Å²) in [7, 11) is 0. The van der Waals surface area contributed by atoms with Gasteiger partial charge in [-0.3, -0.25) is 14.3 Å². The zero-order valence-corrected chi connectivity index (χ0v) is 16.0.